The predicted molar refractivity (Wildman–Crippen MR) is 177 cm³/mol. The number of benzene rings is 4. The summed E-state index contributed by atoms with van der Waals surface area (Å²) in [4.78, 5) is 18.8. The summed E-state index contributed by atoms with van der Waals surface area (Å²) in [5.41, 5.74) is 8.58. The summed E-state index contributed by atoms with van der Waals surface area (Å²) in [5.74, 6) is 1.85. The van der Waals surface area contributed by atoms with Crippen molar-refractivity contribution in [3.63, 3.8) is 0 Å². The van der Waals surface area contributed by atoms with Gasteiger partial charge in [0, 0.05) is 17.1 Å². The lowest BCUT2D eigenvalue weighted by molar-refractivity contribution is -0.113. The van der Waals surface area contributed by atoms with Crippen LogP contribution in [0.4, 0.5) is 11.6 Å². The normalized spacial score (nSPS) is 14.1. The van der Waals surface area contributed by atoms with Gasteiger partial charge in [-0.2, -0.15) is 4.98 Å². The highest BCUT2D eigenvalue weighted by molar-refractivity contribution is 7.98. The van der Waals surface area contributed by atoms with Crippen molar-refractivity contribution in [2.45, 2.75) is 51.3 Å². The van der Waals surface area contributed by atoms with Gasteiger partial charge in [0.15, 0.2) is 0 Å². The van der Waals surface area contributed by atoms with Crippen molar-refractivity contribution in [2.75, 3.05) is 10.6 Å². The van der Waals surface area contributed by atoms with Crippen LogP contribution in [0, 0.1) is 20.8 Å². The number of fused-ring (bicyclic) bond motifs is 1. The maximum Gasteiger partial charge on any atom is 0.255 e. The van der Waals surface area contributed by atoms with E-state index >= 15 is 0 Å². The van der Waals surface area contributed by atoms with E-state index in [0.717, 1.165) is 39.4 Å². The fourth-order valence-corrected chi connectivity index (χ4v) is 6.07. The molecule has 222 valence electrons. The lowest BCUT2D eigenvalue weighted by atomic mass is 9.94. The van der Waals surface area contributed by atoms with Crippen molar-refractivity contribution < 1.29 is 9.53 Å². The average Bonchev–Trinajstić information content (AvgIpc) is 3.43. The number of carbonyl (C=O) groups excluding carboxylic acids is 1. The van der Waals surface area contributed by atoms with E-state index < -0.39 is 6.04 Å². The maximum absolute atomic E-state index is 14.0. The molecule has 44 heavy (non-hydrogen) atoms. The first-order chi connectivity index (χ1) is 21.3. The van der Waals surface area contributed by atoms with Crippen molar-refractivity contribution in [3.05, 3.63) is 142 Å². The molecule has 4 aromatic carbocycles. The number of anilines is 2. The Bertz CT molecular complexity index is 1830. The summed E-state index contributed by atoms with van der Waals surface area (Å²) in [6.07, 6.45) is 0. The number of thioether (sulfide) groups is 1. The highest BCUT2D eigenvalue weighted by Crippen LogP contribution is 2.38. The third kappa shape index (κ3) is 6.55. The molecule has 0 radical (unpaired) electrons. The molecule has 2 N–H and O–H groups in total. The Kier molecular flexibility index (Phi) is 8.52. The Hall–Kier alpha value is -4.82. The smallest absolute Gasteiger partial charge is 0.255 e. The number of ether oxygens (including phenoxy) is 1. The molecule has 0 spiro atoms. The number of aryl methyl sites for hydroxylation is 3. The monoisotopic (exact) mass is 601 g/mol. The molecule has 0 saturated carbocycles. The molecule has 1 aromatic heterocycles. The topological polar surface area (TPSA) is 81.1 Å². The second kappa shape index (κ2) is 12.8. The van der Waals surface area contributed by atoms with Gasteiger partial charge in [-0.1, -0.05) is 102 Å². The Morgan fingerprint density at radius 1 is 0.886 bits per heavy atom. The van der Waals surface area contributed by atoms with E-state index in [1.165, 1.54) is 11.1 Å². The molecule has 1 amide bonds. The molecule has 0 saturated heterocycles. The zero-order valence-corrected chi connectivity index (χ0v) is 26.1. The summed E-state index contributed by atoms with van der Waals surface area (Å²) < 4.78 is 8.02. The summed E-state index contributed by atoms with van der Waals surface area (Å²) in [5, 5.41) is 12.0. The predicted octanol–water partition coefficient (Wildman–Crippen LogP) is 8.00. The van der Waals surface area contributed by atoms with E-state index in [1.807, 2.05) is 80.1 Å². The fourth-order valence-electron chi connectivity index (χ4n) is 5.29. The molecule has 5 aromatic rings. The van der Waals surface area contributed by atoms with Gasteiger partial charge in [-0.3, -0.25) is 4.79 Å². The van der Waals surface area contributed by atoms with Crippen LogP contribution in [0.5, 0.6) is 5.75 Å². The Balaban J connectivity index is 1.33. The van der Waals surface area contributed by atoms with Gasteiger partial charge in [-0.15, -0.1) is 5.10 Å². The second-order valence-electron chi connectivity index (χ2n) is 11.1. The number of hydrogen-bond acceptors (Lipinski definition) is 6. The molecule has 1 atom stereocenters. The van der Waals surface area contributed by atoms with E-state index in [0.29, 0.717) is 29.0 Å². The van der Waals surface area contributed by atoms with Crippen LogP contribution in [-0.2, 0) is 17.2 Å². The van der Waals surface area contributed by atoms with E-state index in [2.05, 4.69) is 60.0 Å². The van der Waals surface area contributed by atoms with Crippen LogP contribution in [0.1, 0.15) is 46.3 Å². The number of amides is 1. The fraction of sp³-hybridized carbons (Fsp3) is 0.194. The quantitative estimate of drug-likeness (QED) is 0.167. The summed E-state index contributed by atoms with van der Waals surface area (Å²) in [6, 6.07) is 31.9. The number of carbonyl (C=O) groups is 1. The maximum atomic E-state index is 14.0. The molecule has 8 heteroatoms. The Morgan fingerprint density at radius 2 is 1.66 bits per heavy atom. The van der Waals surface area contributed by atoms with Gasteiger partial charge in [0.1, 0.15) is 18.4 Å². The van der Waals surface area contributed by atoms with Gasteiger partial charge in [-0.05, 0) is 68.1 Å². The van der Waals surface area contributed by atoms with Crippen molar-refractivity contribution in [3.8, 4) is 5.75 Å². The van der Waals surface area contributed by atoms with E-state index in [4.69, 9.17) is 14.8 Å². The minimum Gasteiger partial charge on any atom is -0.489 e. The van der Waals surface area contributed by atoms with E-state index in [-0.39, 0.29) is 5.91 Å². The standard InChI is InChI=1S/C36H35N5O2S/c1-23-13-16-27(17-14-23)21-43-30-12-8-11-29(20-30)33-32(34(42)38-31-18-15-24(2)19-25(31)3)26(4)37-35-39-36(40-41(33)35)44-22-28-9-6-5-7-10-28/h5-20,33H,21-22H2,1-4H3,(H,38,42)(H,37,39,40). The van der Waals surface area contributed by atoms with Gasteiger partial charge in [0.2, 0.25) is 11.1 Å². The largest absolute Gasteiger partial charge is 0.489 e. The first-order valence-corrected chi connectivity index (χ1v) is 15.6. The minimum atomic E-state index is -0.515. The number of aromatic nitrogens is 3. The lowest BCUT2D eigenvalue weighted by Crippen LogP contribution is -2.31. The van der Waals surface area contributed by atoms with Crippen LogP contribution >= 0.6 is 11.8 Å². The van der Waals surface area contributed by atoms with E-state index in [1.54, 1.807) is 11.8 Å². The molecule has 7 nitrogen and oxygen atoms in total. The number of hydrogen-bond donors (Lipinski definition) is 2. The SMILES string of the molecule is CC1=C(C(=O)Nc2ccc(C)cc2C)C(c2cccc(OCc3ccc(C)cc3)c2)n2nc(SCc3ccccc3)nc2N1. The van der Waals surface area contributed by atoms with Crippen molar-refractivity contribution in [1.82, 2.24) is 14.8 Å². The third-order valence-corrected chi connectivity index (χ3v) is 8.53. The highest BCUT2D eigenvalue weighted by Gasteiger charge is 2.35. The first-order valence-electron chi connectivity index (χ1n) is 14.6. The van der Waals surface area contributed by atoms with Gasteiger partial charge in [0.25, 0.3) is 5.91 Å². The Labute approximate surface area is 262 Å². The summed E-state index contributed by atoms with van der Waals surface area (Å²) in [6.45, 7) is 8.47. The molecule has 1 aliphatic heterocycles. The zero-order chi connectivity index (χ0) is 30.6. The molecule has 0 bridgehead atoms. The molecule has 0 fully saturated rings. The van der Waals surface area contributed by atoms with Gasteiger partial charge >= 0.3 is 0 Å². The van der Waals surface area contributed by atoms with Gasteiger partial charge < -0.3 is 15.4 Å². The third-order valence-electron chi connectivity index (χ3n) is 7.62. The highest BCUT2D eigenvalue weighted by atomic mass is 32.2. The lowest BCUT2D eigenvalue weighted by Gasteiger charge is -2.29. The first kappa shape index (κ1) is 29.3. The summed E-state index contributed by atoms with van der Waals surface area (Å²) >= 11 is 1.56. The average molecular weight is 602 g/mol. The molecule has 1 unspecified atom stereocenters. The van der Waals surface area contributed by atoms with Crippen LogP contribution in [0.15, 0.2) is 113 Å². The van der Waals surface area contributed by atoms with E-state index in [9.17, 15) is 4.79 Å². The summed E-state index contributed by atoms with van der Waals surface area (Å²) in [7, 11) is 0. The molecular weight excluding hydrogens is 566 g/mol. The molecule has 2 heterocycles. The molecular formula is C36H35N5O2S. The number of rotatable bonds is 9. The number of nitrogens with zero attached hydrogens (tertiary/aromatic N) is 3. The molecule has 6 rings (SSSR count). The van der Waals surface area contributed by atoms with Crippen LogP contribution in [-0.4, -0.2) is 20.7 Å². The second-order valence-corrected chi connectivity index (χ2v) is 12.1. The molecule has 0 aliphatic carbocycles. The van der Waals surface area contributed by atoms with Crippen LogP contribution < -0.4 is 15.4 Å². The minimum absolute atomic E-state index is 0.197. The number of nitrogens with one attached hydrogen (secondary N) is 2. The van der Waals surface area contributed by atoms with Gasteiger partial charge in [-0.25, -0.2) is 4.68 Å². The Morgan fingerprint density at radius 3 is 2.43 bits per heavy atom. The van der Waals surface area contributed by atoms with Crippen LogP contribution in [0.25, 0.3) is 0 Å². The van der Waals surface area contributed by atoms with Crippen LogP contribution in [0.3, 0.4) is 0 Å². The van der Waals surface area contributed by atoms with Crippen molar-refractivity contribution >= 4 is 29.3 Å². The van der Waals surface area contributed by atoms with Crippen molar-refractivity contribution in [1.29, 1.82) is 0 Å². The van der Waals surface area contributed by atoms with Crippen LogP contribution in [0.2, 0.25) is 0 Å². The molecule has 1 aliphatic rings. The van der Waals surface area contributed by atoms with Gasteiger partial charge in [0.05, 0.1) is 5.57 Å². The zero-order valence-electron chi connectivity index (χ0n) is 25.3. The van der Waals surface area contributed by atoms with Crippen molar-refractivity contribution in [2.24, 2.45) is 0 Å². The number of allylic oxidation sites excluding steroid dienone is 1.